The Bertz CT molecular complexity index is 789. The number of ether oxygens (including phenoxy) is 2. The van der Waals surface area contributed by atoms with Gasteiger partial charge in [-0.25, -0.2) is 9.97 Å². The molecule has 0 radical (unpaired) electrons. The first kappa shape index (κ1) is 15.8. The highest BCUT2D eigenvalue weighted by molar-refractivity contribution is 6.30. The monoisotopic (exact) mass is 333 g/mol. The van der Waals surface area contributed by atoms with Crippen LogP contribution in [0.3, 0.4) is 0 Å². The van der Waals surface area contributed by atoms with Crippen LogP contribution in [0.2, 0.25) is 5.15 Å². The van der Waals surface area contributed by atoms with Crippen LogP contribution in [-0.2, 0) is 10.3 Å². The molecule has 3 rings (SSSR count). The van der Waals surface area contributed by atoms with Gasteiger partial charge in [0.1, 0.15) is 11.3 Å². The van der Waals surface area contributed by atoms with Crippen LogP contribution < -0.4 is 4.74 Å². The first-order valence-corrected chi connectivity index (χ1v) is 7.62. The third kappa shape index (κ3) is 3.17. The summed E-state index contributed by atoms with van der Waals surface area (Å²) in [6, 6.07) is 1.73. The van der Waals surface area contributed by atoms with Crippen molar-refractivity contribution < 1.29 is 9.47 Å². The molecule has 2 aromatic heterocycles. The molecule has 0 spiro atoms. The van der Waals surface area contributed by atoms with Crippen molar-refractivity contribution in [1.29, 1.82) is 0 Å². The molecule has 0 amide bonds. The lowest BCUT2D eigenvalue weighted by Crippen LogP contribution is -2.25. The molecule has 1 atom stereocenters. The summed E-state index contributed by atoms with van der Waals surface area (Å²) in [5.74, 6) is 0.524. The number of halogens is 1. The average Bonchev–Trinajstić information content (AvgIpc) is 3.31. The second-order valence-electron chi connectivity index (χ2n) is 5.74. The summed E-state index contributed by atoms with van der Waals surface area (Å²) in [5, 5.41) is 5.80. The molecule has 1 aliphatic carbocycles. The van der Waals surface area contributed by atoms with Gasteiger partial charge in [-0.05, 0) is 42.3 Å². The predicted octanol–water partition coefficient (Wildman–Crippen LogP) is 4.00. The Balaban J connectivity index is 2.20. The fraction of sp³-hybridized carbons (Fsp3) is 0.467. The van der Waals surface area contributed by atoms with E-state index >= 15 is 0 Å². The third-order valence-corrected chi connectivity index (χ3v) is 3.98. The van der Waals surface area contributed by atoms with Gasteiger partial charge in [0.05, 0.1) is 17.5 Å². The van der Waals surface area contributed by atoms with E-state index in [0.29, 0.717) is 11.0 Å². The molecule has 8 heteroatoms. The van der Waals surface area contributed by atoms with Crippen molar-refractivity contribution in [3.8, 4) is 5.88 Å². The number of rotatable bonds is 6. The molecule has 0 unspecified atom stereocenters. The summed E-state index contributed by atoms with van der Waals surface area (Å²) >= 11 is 6.06. The first-order valence-electron chi connectivity index (χ1n) is 7.24. The van der Waals surface area contributed by atoms with Crippen LogP contribution in [0.5, 0.6) is 5.88 Å². The molecule has 120 valence electrons. The lowest BCUT2D eigenvalue weighted by atomic mass is 9.91. The van der Waals surface area contributed by atoms with E-state index in [1.807, 2.05) is 0 Å². The van der Waals surface area contributed by atoms with E-state index in [1.54, 1.807) is 32.5 Å². The van der Waals surface area contributed by atoms with Crippen molar-refractivity contribution in [2.24, 2.45) is 5.11 Å². The highest BCUT2D eigenvalue weighted by atomic mass is 35.5. The molecule has 1 saturated carbocycles. The topological polar surface area (TPSA) is 93.0 Å². The summed E-state index contributed by atoms with van der Waals surface area (Å²) < 4.78 is 11.1. The van der Waals surface area contributed by atoms with Crippen molar-refractivity contribution in [2.75, 3.05) is 13.7 Å². The van der Waals surface area contributed by atoms with Gasteiger partial charge in [-0.15, -0.1) is 0 Å². The first-order chi connectivity index (χ1) is 11.1. The molecule has 7 nitrogen and oxygen atoms in total. The standard InChI is InChI=1S/C15H16ClN5O2/c1-15(8-22-2,20-21-17)12-7-19-14(23-9-3-4-9)11-6-18-13(16)5-10(11)12/h5-7,9H,3-4,8H2,1-2H3/t15-/m1/s1. The summed E-state index contributed by atoms with van der Waals surface area (Å²) in [6.07, 6.45) is 5.58. The minimum absolute atomic E-state index is 0.217. The molecule has 0 bridgehead atoms. The van der Waals surface area contributed by atoms with Gasteiger partial charge in [-0.3, -0.25) is 0 Å². The minimum atomic E-state index is -0.905. The van der Waals surface area contributed by atoms with Gasteiger partial charge in [0, 0.05) is 24.4 Å². The Labute approximate surface area is 138 Å². The van der Waals surface area contributed by atoms with Gasteiger partial charge in [0.15, 0.2) is 0 Å². The number of pyridine rings is 2. The third-order valence-electron chi connectivity index (χ3n) is 3.78. The molecule has 0 aromatic carbocycles. The van der Waals surface area contributed by atoms with E-state index in [4.69, 9.17) is 26.6 Å². The van der Waals surface area contributed by atoms with E-state index in [0.717, 1.165) is 29.2 Å². The molecule has 0 saturated heterocycles. The lowest BCUT2D eigenvalue weighted by molar-refractivity contribution is 0.141. The fourth-order valence-electron chi connectivity index (χ4n) is 2.49. The van der Waals surface area contributed by atoms with Gasteiger partial charge in [0.2, 0.25) is 5.88 Å². The zero-order valence-corrected chi connectivity index (χ0v) is 13.6. The van der Waals surface area contributed by atoms with Crippen LogP contribution in [0.15, 0.2) is 23.6 Å². The quantitative estimate of drug-likeness (QED) is 0.345. The van der Waals surface area contributed by atoms with Crippen molar-refractivity contribution in [2.45, 2.75) is 31.4 Å². The predicted molar refractivity (Wildman–Crippen MR) is 86.6 cm³/mol. The van der Waals surface area contributed by atoms with Gasteiger partial charge in [-0.1, -0.05) is 16.7 Å². The number of aromatic nitrogens is 2. The highest BCUT2D eigenvalue weighted by Crippen LogP contribution is 2.37. The van der Waals surface area contributed by atoms with Crippen molar-refractivity contribution >= 4 is 22.4 Å². The summed E-state index contributed by atoms with van der Waals surface area (Å²) in [6.45, 7) is 2.01. The van der Waals surface area contributed by atoms with E-state index in [9.17, 15) is 0 Å². The summed E-state index contributed by atoms with van der Waals surface area (Å²) in [5.41, 5.74) is 8.73. The largest absolute Gasteiger partial charge is 0.474 e. The number of hydrogen-bond acceptors (Lipinski definition) is 5. The molecule has 0 N–H and O–H groups in total. The number of fused-ring (bicyclic) bond motifs is 1. The minimum Gasteiger partial charge on any atom is -0.474 e. The zero-order chi connectivity index (χ0) is 16.4. The Morgan fingerprint density at radius 1 is 1.39 bits per heavy atom. The second-order valence-corrected chi connectivity index (χ2v) is 6.13. The number of nitrogens with zero attached hydrogens (tertiary/aromatic N) is 5. The Hall–Kier alpha value is -2.08. The lowest BCUT2D eigenvalue weighted by Gasteiger charge is -2.25. The van der Waals surface area contributed by atoms with Crippen molar-refractivity contribution in [3.63, 3.8) is 0 Å². The van der Waals surface area contributed by atoms with Gasteiger partial charge < -0.3 is 9.47 Å². The van der Waals surface area contributed by atoms with Gasteiger partial charge >= 0.3 is 0 Å². The molecular formula is C15H16ClN5O2. The van der Waals surface area contributed by atoms with Crippen molar-refractivity contribution in [1.82, 2.24) is 9.97 Å². The number of hydrogen-bond donors (Lipinski definition) is 0. The molecule has 1 fully saturated rings. The van der Waals surface area contributed by atoms with Crippen LogP contribution in [0.1, 0.15) is 25.3 Å². The molecule has 0 aliphatic heterocycles. The molecule has 1 aliphatic rings. The molecule has 23 heavy (non-hydrogen) atoms. The number of methoxy groups -OCH3 is 1. The van der Waals surface area contributed by atoms with Gasteiger partial charge in [0.25, 0.3) is 0 Å². The number of azide groups is 1. The Morgan fingerprint density at radius 3 is 2.83 bits per heavy atom. The molecule has 2 heterocycles. The Morgan fingerprint density at radius 2 is 2.17 bits per heavy atom. The van der Waals surface area contributed by atoms with E-state index in [-0.39, 0.29) is 12.7 Å². The maximum Gasteiger partial charge on any atom is 0.223 e. The zero-order valence-electron chi connectivity index (χ0n) is 12.9. The summed E-state index contributed by atoms with van der Waals surface area (Å²) in [4.78, 5) is 11.5. The van der Waals surface area contributed by atoms with E-state index in [2.05, 4.69) is 20.0 Å². The van der Waals surface area contributed by atoms with Crippen LogP contribution >= 0.6 is 11.6 Å². The average molecular weight is 334 g/mol. The van der Waals surface area contributed by atoms with Crippen molar-refractivity contribution in [3.05, 3.63) is 39.6 Å². The maximum atomic E-state index is 8.92. The smallest absolute Gasteiger partial charge is 0.223 e. The summed E-state index contributed by atoms with van der Waals surface area (Å²) in [7, 11) is 1.56. The van der Waals surface area contributed by atoms with Crippen LogP contribution in [-0.4, -0.2) is 29.8 Å². The van der Waals surface area contributed by atoms with Crippen LogP contribution in [0.25, 0.3) is 21.2 Å². The van der Waals surface area contributed by atoms with E-state index < -0.39 is 5.54 Å². The molecular weight excluding hydrogens is 318 g/mol. The second kappa shape index (κ2) is 6.20. The fourth-order valence-corrected chi connectivity index (χ4v) is 2.65. The van der Waals surface area contributed by atoms with Gasteiger partial charge in [-0.2, -0.15) is 0 Å². The molecule has 2 aromatic rings. The van der Waals surface area contributed by atoms with Crippen LogP contribution in [0.4, 0.5) is 0 Å². The Kier molecular flexibility index (Phi) is 4.26. The maximum absolute atomic E-state index is 8.92. The van der Waals surface area contributed by atoms with E-state index in [1.165, 1.54) is 0 Å². The highest BCUT2D eigenvalue weighted by Gasteiger charge is 2.30. The van der Waals surface area contributed by atoms with Crippen LogP contribution in [0, 0.1) is 0 Å². The SMILES string of the molecule is COC[C@@](C)(N=[N+]=[N-])c1cnc(OC2CC2)c2cnc(Cl)cc12. The normalized spacial score (nSPS) is 16.7.